The van der Waals surface area contributed by atoms with Gasteiger partial charge in [0.15, 0.2) is 12.3 Å². The Labute approximate surface area is 147 Å². The molecule has 2 aromatic heterocycles. The van der Waals surface area contributed by atoms with Gasteiger partial charge in [0.2, 0.25) is 0 Å². The number of anilines is 1. The first kappa shape index (κ1) is 16.4. The van der Waals surface area contributed by atoms with E-state index in [0.717, 1.165) is 15.6 Å². The second-order valence-electron chi connectivity index (χ2n) is 4.88. The van der Waals surface area contributed by atoms with Crippen LogP contribution in [-0.2, 0) is 9.53 Å². The smallest absolute Gasteiger partial charge is 0.358 e. The fourth-order valence-corrected chi connectivity index (χ4v) is 3.58. The zero-order valence-corrected chi connectivity index (χ0v) is 14.5. The highest BCUT2D eigenvalue weighted by Gasteiger charge is 2.17. The molecule has 0 atom stereocenters. The van der Waals surface area contributed by atoms with Gasteiger partial charge in [0, 0.05) is 18.1 Å². The number of hydrogen-bond donors (Lipinski definition) is 0. The molecule has 0 unspecified atom stereocenters. The number of thiophene rings is 1. The molecule has 0 saturated carbocycles. The minimum atomic E-state index is -0.594. The highest BCUT2D eigenvalue weighted by molar-refractivity contribution is 7.20. The Bertz CT molecular complexity index is 829. The van der Waals surface area contributed by atoms with Crippen LogP contribution in [0.1, 0.15) is 10.5 Å². The second kappa shape index (κ2) is 7.37. The number of rotatable bonds is 5. The summed E-state index contributed by atoms with van der Waals surface area (Å²) in [4.78, 5) is 30.9. The van der Waals surface area contributed by atoms with Crippen LogP contribution in [0.4, 0.5) is 5.69 Å². The molecule has 0 bridgehead atoms. The van der Waals surface area contributed by atoms with Crippen LogP contribution in [0.25, 0.3) is 9.88 Å². The summed E-state index contributed by atoms with van der Waals surface area (Å²) in [6, 6.07) is 13.0. The van der Waals surface area contributed by atoms with Gasteiger partial charge in [0.25, 0.3) is 5.91 Å². The van der Waals surface area contributed by atoms with Crippen molar-refractivity contribution in [3.63, 3.8) is 0 Å². The number of carbonyl (C=O) groups is 2. The fraction of sp³-hybridized carbons (Fsp3) is 0.118. The van der Waals surface area contributed by atoms with E-state index >= 15 is 0 Å². The van der Waals surface area contributed by atoms with Crippen molar-refractivity contribution in [3.8, 4) is 9.88 Å². The lowest BCUT2D eigenvalue weighted by Gasteiger charge is -2.16. The van der Waals surface area contributed by atoms with E-state index in [2.05, 4.69) is 4.98 Å². The Balaban J connectivity index is 1.58. The van der Waals surface area contributed by atoms with Gasteiger partial charge in [-0.05, 0) is 23.6 Å². The predicted octanol–water partition coefficient (Wildman–Crippen LogP) is 3.69. The molecule has 0 spiro atoms. The van der Waals surface area contributed by atoms with E-state index in [0.29, 0.717) is 0 Å². The quantitative estimate of drug-likeness (QED) is 0.653. The highest BCUT2D eigenvalue weighted by Crippen LogP contribution is 2.27. The van der Waals surface area contributed by atoms with Gasteiger partial charge in [-0.25, -0.2) is 9.78 Å². The Hall–Kier alpha value is -2.51. The molecule has 0 aliphatic carbocycles. The van der Waals surface area contributed by atoms with Crippen molar-refractivity contribution < 1.29 is 14.3 Å². The Morgan fingerprint density at radius 1 is 1.12 bits per heavy atom. The van der Waals surface area contributed by atoms with Crippen LogP contribution in [0.2, 0.25) is 0 Å². The van der Waals surface area contributed by atoms with E-state index in [9.17, 15) is 9.59 Å². The van der Waals surface area contributed by atoms with E-state index in [-0.39, 0.29) is 18.2 Å². The summed E-state index contributed by atoms with van der Waals surface area (Å²) in [5.41, 5.74) is 0.964. The van der Waals surface area contributed by atoms with Crippen LogP contribution in [-0.4, -0.2) is 30.5 Å². The fourth-order valence-electron chi connectivity index (χ4n) is 1.97. The normalized spacial score (nSPS) is 10.4. The van der Waals surface area contributed by atoms with E-state index < -0.39 is 5.97 Å². The number of ether oxygens (including phenoxy) is 1. The molecule has 0 radical (unpaired) electrons. The molecule has 0 saturated heterocycles. The first-order chi connectivity index (χ1) is 11.6. The van der Waals surface area contributed by atoms with Gasteiger partial charge in [-0.2, -0.15) is 0 Å². The number of nitrogens with zero attached hydrogens (tertiary/aromatic N) is 2. The number of likely N-dealkylation sites (N-methyl/N-ethyl adjacent to an activating group) is 1. The first-order valence-electron chi connectivity index (χ1n) is 7.13. The van der Waals surface area contributed by atoms with Crippen LogP contribution in [0.3, 0.4) is 0 Å². The average Bonchev–Trinajstić information content (AvgIpc) is 3.30. The molecule has 5 nitrogen and oxygen atoms in total. The lowest BCUT2D eigenvalue weighted by atomic mass is 10.3. The van der Waals surface area contributed by atoms with Gasteiger partial charge in [-0.15, -0.1) is 22.7 Å². The largest absolute Gasteiger partial charge is 0.451 e. The number of aromatic nitrogens is 1. The Kier molecular flexibility index (Phi) is 5.02. The van der Waals surface area contributed by atoms with Gasteiger partial charge in [0.05, 0.1) is 4.88 Å². The third-order valence-corrected chi connectivity index (χ3v) is 5.17. The summed E-state index contributed by atoms with van der Waals surface area (Å²) in [7, 11) is 1.64. The number of para-hydroxylation sites is 1. The molecule has 2 heterocycles. The number of esters is 1. The minimum Gasteiger partial charge on any atom is -0.451 e. The number of thiazole rings is 1. The van der Waals surface area contributed by atoms with Crippen LogP contribution in [0.15, 0.2) is 53.2 Å². The topological polar surface area (TPSA) is 59.5 Å². The van der Waals surface area contributed by atoms with E-state index in [1.165, 1.54) is 16.2 Å². The Morgan fingerprint density at radius 3 is 2.62 bits per heavy atom. The molecule has 0 aliphatic rings. The van der Waals surface area contributed by atoms with Gasteiger partial charge >= 0.3 is 5.97 Å². The summed E-state index contributed by atoms with van der Waals surface area (Å²) in [5, 5.41) is 4.36. The van der Waals surface area contributed by atoms with Gasteiger partial charge in [-0.3, -0.25) is 4.79 Å². The zero-order valence-electron chi connectivity index (χ0n) is 12.8. The molecule has 7 heteroatoms. The highest BCUT2D eigenvalue weighted by atomic mass is 32.1. The van der Waals surface area contributed by atoms with Gasteiger partial charge in [-0.1, -0.05) is 24.3 Å². The molecule has 122 valence electrons. The average molecular weight is 358 g/mol. The summed E-state index contributed by atoms with van der Waals surface area (Å²) in [5.74, 6) is -0.896. The third-order valence-electron chi connectivity index (χ3n) is 3.29. The molecular weight excluding hydrogens is 344 g/mol. The number of benzene rings is 1. The van der Waals surface area contributed by atoms with E-state index in [1.807, 2.05) is 47.8 Å². The third kappa shape index (κ3) is 3.69. The van der Waals surface area contributed by atoms with Crippen molar-refractivity contribution in [2.75, 3.05) is 18.6 Å². The van der Waals surface area contributed by atoms with E-state index in [1.54, 1.807) is 23.8 Å². The lowest BCUT2D eigenvalue weighted by Crippen LogP contribution is -2.31. The monoisotopic (exact) mass is 358 g/mol. The van der Waals surface area contributed by atoms with Crippen molar-refractivity contribution in [1.82, 2.24) is 4.98 Å². The molecule has 3 rings (SSSR count). The maximum Gasteiger partial charge on any atom is 0.358 e. The molecule has 0 aliphatic heterocycles. The van der Waals surface area contributed by atoms with Crippen LogP contribution < -0.4 is 4.90 Å². The zero-order chi connectivity index (χ0) is 16.9. The summed E-state index contributed by atoms with van der Waals surface area (Å²) < 4.78 is 5.08. The minimum absolute atomic E-state index is 0.221. The molecule has 0 fully saturated rings. The molecule has 24 heavy (non-hydrogen) atoms. The molecular formula is C17H14N2O3S2. The number of carbonyl (C=O) groups excluding carboxylic acids is 2. The lowest BCUT2D eigenvalue weighted by molar-refractivity contribution is -0.121. The maximum atomic E-state index is 12.1. The molecule has 0 N–H and O–H groups in total. The van der Waals surface area contributed by atoms with Crippen LogP contribution in [0.5, 0.6) is 0 Å². The predicted molar refractivity (Wildman–Crippen MR) is 95.6 cm³/mol. The van der Waals surface area contributed by atoms with Crippen molar-refractivity contribution in [1.29, 1.82) is 0 Å². The number of amides is 1. The summed E-state index contributed by atoms with van der Waals surface area (Å²) >= 11 is 2.93. The van der Waals surface area contributed by atoms with Crippen molar-refractivity contribution >= 4 is 40.2 Å². The summed E-state index contributed by atoms with van der Waals surface area (Å²) in [6.45, 7) is -0.323. The van der Waals surface area contributed by atoms with E-state index in [4.69, 9.17) is 4.74 Å². The van der Waals surface area contributed by atoms with Gasteiger partial charge in [0.1, 0.15) is 5.01 Å². The van der Waals surface area contributed by atoms with Crippen LogP contribution in [0, 0.1) is 0 Å². The standard InChI is InChI=1S/C17H14N2O3S2/c1-19(12-6-3-2-4-7-12)15(20)10-22-17(21)13-11-24-16(18-13)14-8-5-9-23-14/h2-9,11H,10H2,1H3. The SMILES string of the molecule is CN(C(=O)COC(=O)c1csc(-c2cccs2)n1)c1ccccc1. The Morgan fingerprint density at radius 2 is 1.92 bits per heavy atom. The summed E-state index contributed by atoms with van der Waals surface area (Å²) in [6.07, 6.45) is 0. The number of hydrogen-bond acceptors (Lipinski definition) is 6. The van der Waals surface area contributed by atoms with Crippen molar-refractivity contribution in [2.45, 2.75) is 0 Å². The van der Waals surface area contributed by atoms with Crippen molar-refractivity contribution in [3.05, 3.63) is 58.9 Å². The van der Waals surface area contributed by atoms with Gasteiger partial charge < -0.3 is 9.64 Å². The maximum absolute atomic E-state index is 12.1. The first-order valence-corrected chi connectivity index (χ1v) is 8.89. The molecule has 3 aromatic rings. The molecule has 1 amide bonds. The van der Waals surface area contributed by atoms with Crippen molar-refractivity contribution in [2.24, 2.45) is 0 Å². The van der Waals surface area contributed by atoms with Crippen LogP contribution >= 0.6 is 22.7 Å². The second-order valence-corrected chi connectivity index (χ2v) is 6.69. The molecule has 1 aromatic carbocycles.